The number of hydrogen-bond donors (Lipinski definition) is 2. The molecule has 0 fully saturated rings. The number of methoxy groups -OCH3 is 1. The summed E-state index contributed by atoms with van der Waals surface area (Å²) < 4.78 is 8.94. The minimum atomic E-state index is -0.613. The quantitative estimate of drug-likeness (QED) is 0.877. The highest BCUT2D eigenvalue weighted by atomic mass is 32.1. The highest BCUT2D eigenvalue weighted by Gasteiger charge is 2.15. The Balaban J connectivity index is 2.36. The van der Waals surface area contributed by atoms with Gasteiger partial charge in [0, 0.05) is 11.5 Å². The van der Waals surface area contributed by atoms with Gasteiger partial charge >= 0.3 is 0 Å². The van der Waals surface area contributed by atoms with E-state index in [4.69, 9.17) is 10.5 Å². The number of carbonyl (C=O) groups excluding carboxylic acids is 1. The first-order chi connectivity index (χ1) is 8.61. The number of nitrogens with one attached hydrogen (secondary N) is 1. The molecule has 0 aliphatic rings. The first kappa shape index (κ1) is 12.3. The highest BCUT2D eigenvalue weighted by Crippen LogP contribution is 2.30. The molecule has 0 atom stereocenters. The number of rotatable bonds is 4. The van der Waals surface area contributed by atoms with Crippen molar-refractivity contribution in [2.24, 2.45) is 5.73 Å². The van der Waals surface area contributed by atoms with Gasteiger partial charge in [-0.15, -0.1) is 5.10 Å². The molecule has 1 heterocycles. The van der Waals surface area contributed by atoms with Crippen LogP contribution in [0.25, 0.3) is 0 Å². The van der Waals surface area contributed by atoms with Crippen LogP contribution in [0.1, 0.15) is 16.1 Å². The van der Waals surface area contributed by atoms with Crippen molar-refractivity contribution < 1.29 is 9.53 Å². The number of aryl methyl sites for hydroxylation is 1. The normalized spacial score (nSPS) is 10.1. The average Bonchev–Trinajstić information content (AvgIpc) is 2.77. The molecule has 0 saturated carbocycles. The summed E-state index contributed by atoms with van der Waals surface area (Å²) in [7, 11) is 1.58. The van der Waals surface area contributed by atoms with Gasteiger partial charge in [0.15, 0.2) is 5.69 Å². The Labute approximate surface area is 108 Å². The number of amides is 1. The van der Waals surface area contributed by atoms with Crippen LogP contribution >= 0.6 is 11.5 Å². The molecule has 2 aromatic rings. The zero-order valence-electron chi connectivity index (χ0n) is 9.93. The molecule has 0 saturated heterocycles. The third kappa shape index (κ3) is 2.40. The van der Waals surface area contributed by atoms with E-state index in [0.717, 1.165) is 22.8 Å². The van der Waals surface area contributed by atoms with Crippen molar-refractivity contribution >= 4 is 28.1 Å². The summed E-state index contributed by atoms with van der Waals surface area (Å²) in [4.78, 5) is 11.1. The van der Waals surface area contributed by atoms with Gasteiger partial charge in [-0.1, -0.05) is 10.6 Å². The Morgan fingerprint density at radius 1 is 1.50 bits per heavy atom. The molecule has 0 bridgehead atoms. The fourth-order valence-corrected chi connectivity index (χ4v) is 2.06. The van der Waals surface area contributed by atoms with Crippen LogP contribution in [0, 0.1) is 6.92 Å². The lowest BCUT2D eigenvalue weighted by Gasteiger charge is -2.10. The second-order valence-corrected chi connectivity index (χ2v) is 4.40. The van der Waals surface area contributed by atoms with Crippen molar-refractivity contribution in [1.82, 2.24) is 9.59 Å². The summed E-state index contributed by atoms with van der Waals surface area (Å²) in [5.41, 5.74) is 7.14. The van der Waals surface area contributed by atoms with E-state index in [1.807, 2.05) is 25.1 Å². The van der Waals surface area contributed by atoms with Gasteiger partial charge in [0.1, 0.15) is 10.8 Å². The fourth-order valence-electron chi connectivity index (χ4n) is 1.48. The maximum absolute atomic E-state index is 11.1. The fraction of sp³-hybridized carbons (Fsp3) is 0.182. The van der Waals surface area contributed by atoms with Crippen molar-refractivity contribution in [3.8, 4) is 5.75 Å². The Hall–Kier alpha value is -2.15. The largest absolute Gasteiger partial charge is 0.495 e. The SMILES string of the molecule is COc1ccc(C)cc1Nc1snnc1C(N)=O. The van der Waals surface area contributed by atoms with Gasteiger partial charge in [0.05, 0.1) is 12.8 Å². The predicted molar refractivity (Wildman–Crippen MR) is 69.4 cm³/mol. The molecule has 7 heteroatoms. The minimum absolute atomic E-state index is 0.128. The minimum Gasteiger partial charge on any atom is -0.495 e. The van der Waals surface area contributed by atoms with Crippen molar-refractivity contribution in [1.29, 1.82) is 0 Å². The number of hydrogen-bond acceptors (Lipinski definition) is 6. The van der Waals surface area contributed by atoms with Gasteiger partial charge in [-0.25, -0.2) is 0 Å². The summed E-state index contributed by atoms with van der Waals surface area (Å²) in [5, 5.41) is 7.25. The molecule has 94 valence electrons. The van der Waals surface area contributed by atoms with Crippen LogP contribution < -0.4 is 15.8 Å². The maximum atomic E-state index is 11.1. The van der Waals surface area contributed by atoms with Crippen LogP contribution in [-0.4, -0.2) is 22.6 Å². The summed E-state index contributed by atoms with van der Waals surface area (Å²) in [6.45, 7) is 1.96. The summed E-state index contributed by atoms with van der Waals surface area (Å²) in [5.74, 6) is 0.0577. The van der Waals surface area contributed by atoms with E-state index in [1.54, 1.807) is 7.11 Å². The number of benzene rings is 1. The Kier molecular flexibility index (Phi) is 3.42. The van der Waals surface area contributed by atoms with Crippen molar-refractivity contribution in [2.75, 3.05) is 12.4 Å². The molecule has 0 radical (unpaired) electrons. The second-order valence-electron chi connectivity index (χ2n) is 3.64. The van der Waals surface area contributed by atoms with Crippen molar-refractivity contribution in [2.45, 2.75) is 6.92 Å². The maximum Gasteiger partial charge on any atom is 0.272 e. The molecule has 6 nitrogen and oxygen atoms in total. The third-order valence-corrected chi connectivity index (χ3v) is 2.97. The summed E-state index contributed by atoms with van der Waals surface area (Å²) >= 11 is 1.07. The summed E-state index contributed by atoms with van der Waals surface area (Å²) in [6, 6.07) is 5.68. The number of nitrogens with two attached hydrogens (primary N) is 1. The third-order valence-electron chi connectivity index (χ3n) is 2.32. The lowest BCUT2D eigenvalue weighted by atomic mass is 10.2. The lowest BCUT2D eigenvalue weighted by Crippen LogP contribution is -2.13. The van der Waals surface area contributed by atoms with Crippen LogP contribution in [0.5, 0.6) is 5.75 Å². The average molecular weight is 264 g/mol. The zero-order chi connectivity index (χ0) is 13.1. The number of carbonyl (C=O) groups is 1. The lowest BCUT2D eigenvalue weighted by molar-refractivity contribution is 0.0996. The zero-order valence-corrected chi connectivity index (χ0v) is 10.7. The van der Waals surface area contributed by atoms with E-state index in [0.29, 0.717) is 10.8 Å². The van der Waals surface area contributed by atoms with Crippen LogP contribution in [0.4, 0.5) is 10.7 Å². The van der Waals surface area contributed by atoms with Crippen molar-refractivity contribution in [3.63, 3.8) is 0 Å². The van der Waals surface area contributed by atoms with E-state index < -0.39 is 5.91 Å². The van der Waals surface area contributed by atoms with Gasteiger partial charge in [0.25, 0.3) is 5.91 Å². The Morgan fingerprint density at radius 3 is 2.94 bits per heavy atom. The molecule has 0 aliphatic carbocycles. The number of nitrogens with zero attached hydrogens (tertiary/aromatic N) is 2. The van der Waals surface area contributed by atoms with E-state index in [1.165, 1.54) is 0 Å². The second kappa shape index (κ2) is 5.01. The molecule has 0 spiro atoms. The van der Waals surface area contributed by atoms with Crippen LogP contribution in [0.15, 0.2) is 18.2 Å². The molecular weight excluding hydrogens is 252 g/mol. The number of primary amides is 1. The van der Waals surface area contributed by atoms with Gasteiger partial charge in [0.2, 0.25) is 0 Å². The van der Waals surface area contributed by atoms with E-state index in [-0.39, 0.29) is 5.69 Å². The van der Waals surface area contributed by atoms with Gasteiger partial charge in [-0.2, -0.15) is 0 Å². The molecule has 0 aliphatic heterocycles. The standard InChI is InChI=1S/C11H12N4O2S/c1-6-3-4-8(17-2)7(5-6)13-11-9(10(12)16)14-15-18-11/h3-5,13H,1-2H3,(H2,12,16). The smallest absolute Gasteiger partial charge is 0.272 e. The van der Waals surface area contributed by atoms with Crippen LogP contribution in [-0.2, 0) is 0 Å². The van der Waals surface area contributed by atoms with Crippen LogP contribution in [0.2, 0.25) is 0 Å². The van der Waals surface area contributed by atoms with Crippen molar-refractivity contribution in [3.05, 3.63) is 29.5 Å². The van der Waals surface area contributed by atoms with Crippen LogP contribution in [0.3, 0.4) is 0 Å². The van der Waals surface area contributed by atoms with E-state index in [2.05, 4.69) is 14.9 Å². The number of aromatic nitrogens is 2. The van der Waals surface area contributed by atoms with E-state index in [9.17, 15) is 4.79 Å². The van der Waals surface area contributed by atoms with E-state index >= 15 is 0 Å². The van der Waals surface area contributed by atoms with Gasteiger partial charge < -0.3 is 15.8 Å². The molecule has 0 unspecified atom stereocenters. The molecule has 1 aromatic carbocycles. The molecule has 2 rings (SSSR count). The molecule has 1 amide bonds. The predicted octanol–water partition coefficient (Wildman–Crippen LogP) is 1.70. The number of anilines is 2. The molecule has 1 aromatic heterocycles. The van der Waals surface area contributed by atoms with Gasteiger partial charge in [-0.05, 0) is 24.6 Å². The monoisotopic (exact) mass is 264 g/mol. The Morgan fingerprint density at radius 2 is 2.28 bits per heavy atom. The molecule has 18 heavy (non-hydrogen) atoms. The first-order valence-corrected chi connectivity index (χ1v) is 5.93. The highest BCUT2D eigenvalue weighted by molar-refractivity contribution is 7.10. The van der Waals surface area contributed by atoms with Gasteiger partial charge in [-0.3, -0.25) is 4.79 Å². The Bertz CT molecular complexity index is 582. The molecular formula is C11H12N4O2S. The molecule has 3 N–H and O–H groups in total. The number of ether oxygens (including phenoxy) is 1. The summed E-state index contributed by atoms with van der Waals surface area (Å²) in [6.07, 6.45) is 0. The first-order valence-electron chi connectivity index (χ1n) is 5.15. The topological polar surface area (TPSA) is 90.1 Å².